The Labute approximate surface area is 205 Å². The highest BCUT2D eigenvalue weighted by atomic mass is 16.6. The first kappa shape index (κ1) is 23.4. The molecule has 3 heterocycles. The summed E-state index contributed by atoms with van der Waals surface area (Å²) in [7, 11) is 0. The van der Waals surface area contributed by atoms with E-state index >= 15 is 0 Å². The second kappa shape index (κ2) is 10.1. The molecule has 1 saturated heterocycles. The lowest BCUT2D eigenvalue weighted by Crippen LogP contribution is -2.31. The molecule has 5 N–H and O–H groups in total. The average Bonchev–Trinajstić information content (AvgIpc) is 3.45. The number of aliphatic hydroxyl groups is 2. The van der Waals surface area contributed by atoms with Crippen LogP contribution in [0.5, 0.6) is 11.5 Å². The van der Waals surface area contributed by atoms with Crippen molar-refractivity contribution in [3.63, 3.8) is 0 Å². The van der Waals surface area contributed by atoms with Crippen LogP contribution in [0.4, 0.5) is 5.82 Å². The fourth-order valence-corrected chi connectivity index (χ4v) is 3.89. The first-order chi connectivity index (χ1) is 17.5. The number of nitrogen functional groups attached to an aromatic ring is 1. The molecule has 2 aromatic carbocycles. The Hall–Kier alpha value is -4.32. The summed E-state index contributed by atoms with van der Waals surface area (Å²) in [5, 5.41) is 23.8. The summed E-state index contributed by atoms with van der Waals surface area (Å²) in [5.74, 6) is 1.27. The number of rotatable bonds is 7. The van der Waals surface area contributed by atoms with E-state index in [0.29, 0.717) is 28.2 Å². The van der Waals surface area contributed by atoms with Crippen molar-refractivity contribution in [1.29, 1.82) is 0 Å². The van der Waals surface area contributed by atoms with E-state index in [0.717, 1.165) is 0 Å². The van der Waals surface area contributed by atoms with Gasteiger partial charge in [-0.15, -0.1) is 0 Å². The number of benzene rings is 2. The van der Waals surface area contributed by atoms with Gasteiger partial charge in [-0.05, 0) is 36.4 Å². The van der Waals surface area contributed by atoms with Crippen molar-refractivity contribution in [1.82, 2.24) is 24.8 Å². The molecule has 1 fully saturated rings. The maximum absolute atomic E-state index is 12.4. The number of ether oxygens (including phenoxy) is 2. The van der Waals surface area contributed by atoms with Gasteiger partial charge in [-0.25, -0.2) is 15.0 Å². The van der Waals surface area contributed by atoms with Gasteiger partial charge in [0.2, 0.25) is 0 Å². The number of fused-ring (bicyclic) bond motifs is 1. The van der Waals surface area contributed by atoms with Crippen LogP contribution in [0.25, 0.3) is 11.2 Å². The zero-order chi connectivity index (χ0) is 25.1. The molecule has 4 atom stereocenters. The van der Waals surface area contributed by atoms with Crippen molar-refractivity contribution < 1.29 is 24.5 Å². The van der Waals surface area contributed by atoms with Gasteiger partial charge in [0, 0.05) is 12.1 Å². The van der Waals surface area contributed by atoms with Crippen molar-refractivity contribution >= 4 is 22.9 Å². The third-order valence-electron chi connectivity index (χ3n) is 5.74. The number of nitrogens with zero attached hydrogens (tertiary/aromatic N) is 4. The van der Waals surface area contributed by atoms with Gasteiger partial charge in [0.25, 0.3) is 5.91 Å². The van der Waals surface area contributed by atoms with Crippen molar-refractivity contribution in [3.05, 3.63) is 85.0 Å². The monoisotopic (exact) mass is 488 g/mol. The second-order valence-electron chi connectivity index (χ2n) is 8.13. The number of hydrogen-bond donors (Lipinski definition) is 4. The van der Waals surface area contributed by atoms with Crippen LogP contribution in [-0.2, 0) is 4.74 Å². The molecule has 1 amide bonds. The number of aliphatic hydroxyl groups excluding tert-OH is 2. The van der Waals surface area contributed by atoms with Crippen LogP contribution in [0.15, 0.2) is 79.4 Å². The molecule has 5 rings (SSSR count). The van der Waals surface area contributed by atoms with E-state index in [2.05, 4.69) is 20.3 Å². The number of imidazole rings is 1. The Morgan fingerprint density at radius 1 is 1.06 bits per heavy atom. The summed E-state index contributed by atoms with van der Waals surface area (Å²) in [6.07, 6.45) is 1.84. The molecule has 36 heavy (non-hydrogen) atoms. The topological polar surface area (TPSA) is 158 Å². The van der Waals surface area contributed by atoms with Crippen LogP contribution in [0.1, 0.15) is 16.6 Å². The highest BCUT2D eigenvalue weighted by Gasteiger charge is 2.43. The Balaban J connectivity index is 1.16. The maximum Gasteiger partial charge on any atom is 0.251 e. The molecule has 184 valence electrons. The number of aromatic nitrogens is 4. The number of para-hydroxylation sites is 1. The van der Waals surface area contributed by atoms with Gasteiger partial charge in [-0.1, -0.05) is 30.4 Å². The van der Waals surface area contributed by atoms with E-state index in [1.807, 2.05) is 30.3 Å². The van der Waals surface area contributed by atoms with Crippen LogP contribution >= 0.6 is 0 Å². The lowest BCUT2D eigenvalue weighted by molar-refractivity contribution is -0.0245. The number of carbonyl (C=O) groups is 1. The number of nitrogens with one attached hydrogen (secondary N) is 1. The zero-order valence-electron chi connectivity index (χ0n) is 19.0. The maximum atomic E-state index is 12.4. The van der Waals surface area contributed by atoms with Gasteiger partial charge < -0.3 is 30.7 Å². The van der Waals surface area contributed by atoms with Crippen LogP contribution in [0.3, 0.4) is 0 Å². The highest BCUT2D eigenvalue weighted by molar-refractivity contribution is 5.94. The summed E-state index contributed by atoms with van der Waals surface area (Å²) in [4.78, 5) is 24.6. The van der Waals surface area contributed by atoms with Crippen LogP contribution in [-0.4, -0.2) is 60.5 Å². The SMILES string of the molecule is Nc1ncnc2c1ncn2[C@@H]1O[C@H](/C=C/CNC(=O)c2ccc(Oc3ccccc3)cc2)[C@@H](O)[C@H]1O. The van der Waals surface area contributed by atoms with E-state index in [4.69, 9.17) is 15.2 Å². The molecular formula is C25H24N6O5. The van der Waals surface area contributed by atoms with Gasteiger partial charge in [-0.3, -0.25) is 9.36 Å². The molecular weight excluding hydrogens is 464 g/mol. The minimum absolute atomic E-state index is 0.201. The first-order valence-corrected chi connectivity index (χ1v) is 11.2. The fourth-order valence-electron chi connectivity index (χ4n) is 3.89. The Morgan fingerprint density at radius 3 is 2.58 bits per heavy atom. The van der Waals surface area contributed by atoms with Crippen molar-refractivity contribution in [2.24, 2.45) is 0 Å². The van der Waals surface area contributed by atoms with Crippen molar-refractivity contribution in [2.75, 3.05) is 12.3 Å². The van der Waals surface area contributed by atoms with Crippen LogP contribution in [0, 0.1) is 0 Å². The molecule has 0 unspecified atom stereocenters. The van der Waals surface area contributed by atoms with Gasteiger partial charge in [-0.2, -0.15) is 0 Å². The molecule has 0 spiro atoms. The molecule has 0 bridgehead atoms. The van der Waals surface area contributed by atoms with E-state index < -0.39 is 24.5 Å². The van der Waals surface area contributed by atoms with Gasteiger partial charge in [0.05, 0.1) is 6.33 Å². The first-order valence-electron chi connectivity index (χ1n) is 11.2. The molecule has 1 aliphatic rings. The average molecular weight is 489 g/mol. The van der Waals surface area contributed by atoms with Crippen LogP contribution in [0.2, 0.25) is 0 Å². The summed E-state index contributed by atoms with van der Waals surface area (Å²) < 4.78 is 13.1. The molecule has 0 radical (unpaired) electrons. The van der Waals surface area contributed by atoms with E-state index in [-0.39, 0.29) is 18.3 Å². The standard InChI is InChI=1S/C25H24N6O5/c26-22-19-23(29-13-28-22)31(14-30-19)25-21(33)20(32)18(36-25)7-4-12-27-24(34)15-8-10-17(11-9-15)35-16-5-2-1-3-6-16/h1-11,13-14,18,20-21,25,32-33H,12H2,(H,27,34)(H2,26,28,29)/b7-4+/t18-,20-,21-,25-/m1/s1. The number of amides is 1. The van der Waals surface area contributed by atoms with E-state index in [1.165, 1.54) is 17.2 Å². The van der Waals surface area contributed by atoms with Gasteiger partial charge >= 0.3 is 0 Å². The molecule has 2 aromatic heterocycles. The number of carbonyl (C=O) groups excluding carboxylic acids is 1. The molecule has 4 aromatic rings. The predicted octanol–water partition coefficient (Wildman–Crippen LogP) is 1.81. The number of anilines is 1. The minimum atomic E-state index is -1.22. The smallest absolute Gasteiger partial charge is 0.251 e. The molecule has 0 aliphatic carbocycles. The van der Waals surface area contributed by atoms with Gasteiger partial charge in [0.15, 0.2) is 17.7 Å². The molecule has 0 saturated carbocycles. The highest BCUT2D eigenvalue weighted by Crippen LogP contribution is 2.32. The quantitative estimate of drug-likeness (QED) is 0.285. The van der Waals surface area contributed by atoms with Crippen LogP contribution < -0.4 is 15.8 Å². The largest absolute Gasteiger partial charge is 0.457 e. The summed E-state index contributed by atoms with van der Waals surface area (Å²) in [6, 6.07) is 16.2. The third-order valence-corrected chi connectivity index (χ3v) is 5.74. The third kappa shape index (κ3) is 4.75. The summed E-state index contributed by atoms with van der Waals surface area (Å²) in [5.41, 5.74) is 7.05. The lowest BCUT2D eigenvalue weighted by atomic mass is 10.1. The van der Waals surface area contributed by atoms with E-state index in [1.54, 1.807) is 36.4 Å². The summed E-state index contributed by atoms with van der Waals surface area (Å²) >= 11 is 0. The number of hydrogen-bond acceptors (Lipinski definition) is 9. The molecule has 1 aliphatic heterocycles. The second-order valence-corrected chi connectivity index (χ2v) is 8.13. The Kier molecular flexibility index (Phi) is 6.58. The van der Waals surface area contributed by atoms with E-state index in [9.17, 15) is 15.0 Å². The minimum Gasteiger partial charge on any atom is -0.457 e. The number of nitrogens with two attached hydrogens (primary N) is 1. The van der Waals surface area contributed by atoms with Crippen molar-refractivity contribution in [3.8, 4) is 11.5 Å². The zero-order valence-corrected chi connectivity index (χ0v) is 19.0. The Bertz CT molecular complexity index is 1370. The summed E-state index contributed by atoms with van der Waals surface area (Å²) in [6.45, 7) is 0.201. The lowest BCUT2D eigenvalue weighted by Gasteiger charge is -2.16. The predicted molar refractivity (Wildman–Crippen MR) is 130 cm³/mol. The molecule has 11 nitrogen and oxygen atoms in total. The van der Waals surface area contributed by atoms with Gasteiger partial charge in [0.1, 0.15) is 41.7 Å². The normalized spacial score (nSPS) is 21.7. The molecule has 11 heteroatoms. The fraction of sp³-hybridized carbons (Fsp3) is 0.200. The Morgan fingerprint density at radius 2 is 1.81 bits per heavy atom. The van der Waals surface area contributed by atoms with Crippen molar-refractivity contribution in [2.45, 2.75) is 24.5 Å².